The van der Waals surface area contributed by atoms with Crippen LogP contribution in [-0.4, -0.2) is 54.3 Å². The lowest BCUT2D eigenvalue weighted by Gasteiger charge is -2.35. The highest BCUT2D eigenvalue weighted by atomic mass is 79.9. The molecular weight excluding hydrogens is 429 g/mol. The number of halogens is 3. The van der Waals surface area contributed by atoms with E-state index in [-0.39, 0.29) is 39.5 Å². The van der Waals surface area contributed by atoms with Gasteiger partial charge in [-0.05, 0) is 22.0 Å². The number of fused-ring (bicyclic) bond motifs is 1. The number of carbonyl (C=O) groups is 1. The summed E-state index contributed by atoms with van der Waals surface area (Å²) in [7, 11) is 1.60. The first-order valence-electron chi connectivity index (χ1n) is 7.70. The van der Waals surface area contributed by atoms with E-state index >= 15 is 0 Å². The third-order valence-electron chi connectivity index (χ3n) is 4.30. The fourth-order valence-corrected chi connectivity index (χ4v) is 3.52. The number of hydrogen-bond donors (Lipinski definition) is 2. The second kappa shape index (κ2) is 7.13. The van der Waals surface area contributed by atoms with E-state index in [2.05, 4.69) is 32.3 Å². The van der Waals surface area contributed by atoms with E-state index in [1.54, 1.807) is 13.1 Å². The standard InChI is InChI=1S/C16H14BrClFN5O2/c1-21-15-9(7-20)14(23-2-4-24(5-3-23)16(25)26)8-6-10(18)11(17)12(19)13(8)22-15/h6H,2-5H2,1H3,(H,21,22)(H,25,26). The summed E-state index contributed by atoms with van der Waals surface area (Å²) >= 11 is 9.23. The van der Waals surface area contributed by atoms with E-state index in [1.165, 1.54) is 4.90 Å². The first kappa shape index (κ1) is 18.5. The fraction of sp³-hybridized carbons (Fsp3) is 0.312. The molecule has 136 valence electrons. The van der Waals surface area contributed by atoms with Crippen molar-refractivity contribution in [2.75, 3.05) is 43.4 Å². The number of amides is 1. The number of pyridine rings is 1. The van der Waals surface area contributed by atoms with Crippen molar-refractivity contribution in [2.45, 2.75) is 0 Å². The molecule has 1 aromatic carbocycles. The van der Waals surface area contributed by atoms with Crippen molar-refractivity contribution in [3.8, 4) is 6.07 Å². The molecule has 0 unspecified atom stereocenters. The van der Waals surface area contributed by atoms with Crippen LogP contribution < -0.4 is 10.2 Å². The first-order chi connectivity index (χ1) is 12.4. The summed E-state index contributed by atoms with van der Waals surface area (Å²) in [5.41, 5.74) is 0.849. The van der Waals surface area contributed by atoms with Crippen LogP contribution in [-0.2, 0) is 0 Å². The third kappa shape index (κ3) is 2.99. The van der Waals surface area contributed by atoms with Crippen LogP contribution in [0.25, 0.3) is 10.9 Å². The minimum Gasteiger partial charge on any atom is -0.465 e. The van der Waals surface area contributed by atoms with Crippen molar-refractivity contribution in [1.82, 2.24) is 9.88 Å². The highest BCUT2D eigenvalue weighted by Gasteiger charge is 2.27. The normalized spacial score (nSPS) is 14.4. The lowest BCUT2D eigenvalue weighted by atomic mass is 10.1. The molecular formula is C16H14BrClFN5O2. The van der Waals surface area contributed by atoms with Gasteiger partial charge >= 0.3 is 6.09 Å². The Bertz CT molecular complexity index is 941. The maximum atomic E-state index is 14.7. The smallest absolute Gasteiger partial charge is 0.407 e. The molecule has 0 saturated carbocycles. The summed E-state index contributed by atoms with van der Waals surface area (Å²) in [6.07, 6.45) is -0.987. The van der Waals surface area contributed by atoms with E-state index in [0.717, 1.165) is 0 Å². The Kier molecular flexibility index (Phi) is 5.07. The number of piperazine rings is 1. The zero-order chi connectivity index (χ0) is 19.0. The number of rotatable bonds is 2. The van der Waals surface area contributed by atoms with Crippen molar-refractivity contribution in [3.05, 3.63) is 26.9 Å². The largest absolute Gasteiger partial charge is 0.465 e. The summed E-state index contributed by atoms with van der Waals surface area (Å²) in [6, 6.07) is 3.68. The van der Waals surface area contributed by atoms with Gasteiger partial charge in [-0.1, -0.05) is 11.6 Å². The Morgan fingerprint density at radius 3 is 2.65 bits per heavy atom. The number of nitrogens with zero attached hydrogens (tertiary/aromatic N) is 4. The lowest BCUT2D eigenvalue weighted by molar-refractivity contribution is 0.142. The van der Waals surface area contributed by atoms with E-state index < -0.39 is 11.9 Å². The van der Waals surface area contributed by atoms with Crippen LogP contribution in [0.1, 0.15) is 5.56 Å². The molecule has 1 aliphatic heterocycles. The molecule has 1 amide bonds. The number of carboxylic acid groups (broad SMARTS) is 1. The molecule has 10 heteroatoms. The molecule has 0 aliphatic carbocycles. The second-order valence-corrected chi connectivity index (χ2v) is 6.89. The molecule has 2 N–H and O–H groups in total. The minimum absolute atomic E-state index is 0.0836. The summed E-state index contributed by atoms with van der Waals surface area (Å²) in [5, 5.41) is 22.2. The van der Waals surface area contributed by atoms with Crippen LogP contribution >= 0.6 is 27.5 Å². The van der Waals surface area contributed by atoms with Gasteiger partial charge in [0.1, 0.15) is 23.0 Å². The molecule has 2 aromatic rings. The summed E-state index contributed by atoms with van der Waals surface area (Å²) in [4.78, 5) is 18.5. The molecule has 0 radical (unpaired) electrons. The van der Waals surface area contributed by atoms with Crippen molar-refractivity contribution in [2.24, 2.45) is 0 Å². The average Bonchev–Trinajstić information content (AvgIpc) is 2.65. The Labute approximate surface area is 162 Å². The maximum absolute atomic E-state index is 14.7. The molecule has 1 saturated heterocycles. The monoisotopic (exact) mass is 441 g/mol. The van der Waals surface area contributed by atoms with Gasteiger partial charge in [-0.15, -0.1) is 0 Å². The van der Waals surface area contributed by atoms with Crippen molar-refractivity contribution in [3.63, 3.8) is 0 Å². The fourth-order valence-electron chi connectivity index (χ4n) is 3.03. The van der Waals surface area contributed by atoms with Gasteiger partial charge in [-0.25, -0.2) is 14.2 Å². The zero-order valence-electron chi connectivity index (χ0n) is 13.7. The summed E-state index contributed by atoms with van der Waals surface area (Å²) in [5.74, 6) is -0.359. The number of hydrogen-bond acceptors (Lipinski definition) is 5. The van der Waals surface area contributed by atoms with Crippen molar-refractivity contribution in [1.29, 1.82) is 5.26 Å². The molecule has 2 heterocycles. The third-order valence-corrected chi connectivity index (χ3v) is 5.61. The second-order valence-electron chi connectivity index (χ2n) is 5.69. The summed E-state index contributed by atoms with van der Waals surface area (Å²) in [6.45, 7) is 1.31. The molecule has 1 aromatic heterocycles. The number of nitriles is 1. The van der Waals surface area contributed by atoms with Crippen LogP contribution in [0, 0.1) is 17.1 Å². The predicted molar refractivity (Wildman–Crippen MR) is 100 cm³/mol. The minimum atomic E-state index is -0.987. The van der Waals surface area contributed by atoms with Crippen LogP contribution in [0.2, 0.25) is 5.02 Å². The molecule has 0 atom stereocenters. The number of nitrogens with one attached hydrogen (secondary N) is 1. The summed E-state index contributed by atoms with van der Waals surface area (Å²) < 4.78 is 14.8. The van der Waals surface area contributed by atoms with Crippen LogP contribution in [0.4, 0.5) is 20.7 Å². The predicted octanol–water partition coefficient (Wildman–Crippen LogP) is 3.50. The highest BCUT2D eigenvalue weighted by molar-refractivity contribution is 9.10. The zero-order valence-corrected chi connectivity index (χ0v) is 16.0. The molecule has 0 spiro atoms. The van der Waals surface area contributed by atoms with Crippen molar-refractivity contribution >= 4 is 56.0 Å². The molecule has 7 nitrogen and oxygen atoms in total. The quantitative estimate of drug-likeness (QED) is 0.692. The molecule has 1 aliphatic rings. The Hall–Kier alpha value is -2.31. The van der Waals surface area contributed by atoms with Gasteiger partial charge in [0.25, 0.3) is 0 Å². The Morgan fingerprint density at radius 1 is 1.46 bits per heavy atom. The van der Waals surface area contributed by atoms with Gasteiger partial charge in [0.15, 0.2) is 5.82 Å². The topological polar surface area (TPSA) is 92.5 Å². The molecule has 0 bridgehead atoms. The van der Waals surface area contributed by atoms with Crippen molar-refractivity contribution < 1.29 is 14.3 Å². The highest BCUT2D eigenvalue weighted by Crippen LogP contribution is 2.40. The maximum Gasteiger partial charge on any atom is 0.407 e. The van der Waals surface area contributed by atoms with E-state index in [4.69, 9.17) is 16.7 Å². The molecule has 26 heavy (non-hydrogen) atoms. The van der Waals surface area contributed by atoms with Gasteiger partial charge in [-0.2, -0.15) is 5.26 Å². The van der Waals surface area contributed by atoms with Crippen LogP contribution in [0.5, 0.6) is 0 Å². The van der Waals surface area contributed by atoms with Gasteiger partial charge in [-0.3, -0.25) is 0 Å². The average molecular weight is 443 g/mol. The number of aromatic nitrogens is 1. The van der Waals surface area contributed by atoms with E-state index in [0.29, 0.717) is 24.2 Å². The number of anilines is 2. The van der Waals surface area contributed by atoms with Crippen LogP contribution in [0.3, 0.4) is 0 Å². The lowest BCUT2D eigenvalue weighted by Crippen LogP contribution is -2.48. The van der Waals surface area contributed by atoms with E-state index in [9.17, 15) is 14.4 Å². The Balaban J connectivity index is 2.22. The van der Waals surface area contributed by atoms with E-state index in [1.807, 2.05) is 4.90 Å². The van der Waals surface area contributed by atoms with Gasteiger partial charge in [0, 0.05) is 38.6 Å². The number of benzene rings is 1. The van der Waals surface area contributed by atoms with Crippen LogP contribution in [0.15, 0.2) is 10.5 Å². The SMILES string of the molecule is CNc1nc2c(F)c(Br)c(Cl)cc2c(N2CCN(C(=O)O)CC2)c1C#N. The van der Waals surface area contributed by atoms with Gasteiger partial charge < -0.3 is 20.2 Å². The molecule has 1 fully saturated rings. The van der Waals surface area contributed by atoms with Gasteiger partial charge in [0.05, 0.1) is 15.2 Å². The Morgan fingerprint density at radius 2 is 2.12 bits per heavy atom. The van der Waals surface area contributed by atoms with Gasteiger partial charge in [0.2, 0.25) is 0 Å². The first-order valence-corrected chi connectivity index (χ1v) is 8.88. The molecule has 3 rings (SSSR count).